The third kappa shape index (κ3) is 3.69. The molecular weight excluding hydrogens is 294 g/mol. The van der Waals surface area contributed by atoms with Crippen molar-refractivity contribution in [1.29, 1.82) is 0 Å². The van der Waals surface area contributed by atoms with Crippen LogP contribution in [0.2, 0.25) is 0 Å². The number of aryl methyl sites for hydroxylation is 2. The van der Waals surface area contributed by atoms with E-state index in [4.69, 9.17) is 0 Å². The van der Waals surface area contributed by atoms with Crippen LogP contribution < -0.4 is 4.90 Å². The van der Waals surface area contributed by atoms with Crippen molar-refractivity contribution in [1.82, 2.24) is 4.98 Å². The van der Waals surface area contributed by atoms with Gasteiger partial charge in [-0.25, -0.2) is 8.78 Å². The van der Waals surface area contributed by atoms with E-state index in [9.17, 15) is 8.78 Å². The topological polar surface area (TPSA) is 16.1 Å². The summed E-state index contributed by atoms with van der Waals surface area (Å²) in [6.45, 7) is 6.79. The number of alkyl halides is 2. The molecule has 0 aliphatic carbocycles. The van der Waals surface area contributed by atoms with Gasteiger partial charge in [-0.05, 0) is 60.7 Å². The minimum atomic E-state index is -2.48. The molecule has 23 heavy (non-hydrogen) atoms. The van der Waals surface area contributed by atoms with Crippen molar-refractivity contribution in [2.24, 2.45) is 0 Å². The second-order valence-electron chi connectivity index (χ2n) is 5.58. The Hall–Kier alpha value is -1.97. The number of nitrogens with zero attached hydrogens (tertiary/aromatic N) is 2. The first-order valence-corrected chi connectivity index (χ1v) is 8.15. The number of halogens is 2. The van der Waals surface area contributed by atoms with Crippen LogP contribution in [0.5, 0.6) is 0 Å². The average Bonchev–Trinajstić information content (AvgIpc) is 2.56. The molecular formula is C19H24F2N2. The Kier molecular flexibility index (Phi) is 5.69. The maximum Gasteiger partial charge on any atom is 0.264 e. The summed E-state index contributed by atoms with van der Waals surface area (Å²) in [5.41, 5.74) is 4.47. The monoisotopic (exact) mass is 318 g/mol. The maximum atomic E-state index is 13.5. The fraction of sp³-hybridized carbons (Fsp3) is 0.421. The van der Waals surface area contributed by atoms with E-state index in [1.807, 2.05) is 40.0 Å². The Bertz CT molecular complexity index is 668. The second-order valence-corrected chi connectivity index (χ2v) is 5.58. The minimum Gasteiger partial charge on any atom is -0.374 e. The molecule has 2 heterocycles. The van der Waals surface area contributed by atoms with Crippen molar-refractivity contribution in [3.8, 4) is 11.1 Å². The number of pyridine rings is 1. The van der Waals surface area contributed by atoms with Gasteiger partial charge in [-0.1, -0.05) is 13.8 Å². The van der Waals surface area contributed by atoms with Gasteiger partial charge in [-0.2, -0.15) is 0 Å². The molecule has 0 atom stereocenters. The predicted octanol–water partition coefficient (Wildman–Crippen LogP) is 5.40. The minimum absolute atomic E-state index is 0.105. The van der Waals surface area contributed by atoms with Crippen LogP contribution in [0.1, 0.15) is 43.5 Å². The molecule has 0 saturated carbocycles. The second kappa shape index (κ2) is 7.53. The molecule has 2 nitrogen and oxygen atoms in total. The molecule has 0 spiro atoms. The van der Waals surface area contributed by atoms with Crippen LogP contribution in [-0.2, 0) is 6.42 Å². The highest BCUT2D eigenvalue weighted by Gasteiger charge is 2.21. The zero-order valence-electron chi connectivity index (χ0n) is 14.2. The van der Waals surface area contributed by atoms with Gasteiger partial charge in [-0.3, -0.25) is 4.98 Å². The number of rotatable bonds is 2. The van der Waals surface area contributed by atoms with E-state index in [1.165, 1.54) is 0 Å². The number of anilines is 1. The molecule has 1 aliphatic heterocycles. The van der Waals surface area contributed by atoms with Crippen LogP contribution in [-0.4, -0.2) is 18.6 Å². The SMILES string of the molecule is CC.Cc1cc(-c2cc3c(cc2C(F)F)N(C)CCC3)ccn1. The highest BCUT2D eigenvalue weighted by atomic mass is 19.3. The van der Waals surface area contributed by atoms with Crippen LogP contribution >= 0.6 is 0 Å². The zero-order valence-corrected chi connectivity index (χ0v) is 14.2. The molecule has 0 amide bonds. The average molecular weight is 318 g/mol. The van der Waals surface area contributed by atoms with Crippen molar-refractivity contribution in [3.05, 3.63) is 47.3 Å². The quantitative estimate of drug-likeness (QED) is 0.736. The molecule has 1 aliphatic rings. The molecule has 1 aromatic heterocycles. The molecule has 0 radical (unpaired) electrons. The van der Waals surface area contributed by atoms with Crippen LogP contribution in [0.3, 0.4) is 0 Å². The van der Waals surface area contributed by atoms with Gasteiger partial charge in [0.15, 0.2) is 0 Å². The van der Waals surface area contributed by atoms with Gasteiger partial charge < -0.3 is 4.90 Å². The van der Waals surface area contributed by atoms with Gasteiger partial charge in [0, 0.05) is 36.7 Å². The summed E-state index contributed by atoms with van der Waals surface area (Å²) in [6.07, 6.45) is 1.20. The number of aromatic nitrogens is 1. The first kappa shape index (κ1) is 17.4. The largest absolute Gasteiger partial charge is 0.374 e. The Labute approximate surface area is 137 Å². The highest BCUT2D eigenvalue weighted by Crippen LogP contribution is 2.38. The summed E-state index contributed by atoms with van der Waals surface area (Å²) < 4.78 is 27.0. The molecule has 0 unspecified atom stereocenters. The Morgan fingerprint density at radius 2 is 1.91 bits per heavy atom. The lowest BCUT2D eigenvalue weighted by atomic mass is 9.92. The fourth-order valence-electron chi connectivity index (χ4n) is 2.98. The molecule has 2 aromatic rings. The van der Waals surface area contributed by atoms with Crippen molar-refractivity contribution in [2.45, 2.75) is 40.0 Å². The van der Waals surface area contributed by atoms with Gasteiger partial charge in [0.05, 0.1) is 0 Å². The van der Waals surface area contributed by atoms with E-state index >= 15 is 0 Å². The summed E-state index contributed by atoms with van der Waals surface area (Å²) in [5.74, 6) is 0. The maximum absolute atomic E-state index is 13.5. The Morgan fingerprint density at radius 3 is 2.57 bits per heavy atom. The summed E-state index contributed by atoms with van der Waals surface area (Å²) in [4.78, 5) is 6.21. The highest BCUT2D eigenvalue weighted by molar-refractivity contribution is 5.74. The molecule has 3 rings (SSSR count). The third-order valence-corrected chi connectivity index (χ3v) is 4.04. The van der Waals surface area contributed by atoms with E-state index in [2.05, 4.69) is 9.88 Å². The summed E-state index contributed by atoms with van der Waals surface area (Å²) in [7, 11) is 1.96. The standard InChI is InChI=1S/C17H18F2N2.C2H6/c1-11-8-12(5-6-20-11)14-9-13-4-3-7-21(2)16(13)10-15(14)17(18)19;1-2/h5-6,8-10,17H,3-4,7H2,1-2H3;1-2H3. The van der Waals surface area contributed by atoms with Crippen LogP contribution in [0.4, 0.5) is 14.5 Å². The summed E-state index contributed by atoms with van der Waals surface area (Å²) >= 11 is 0. The molecule has 0 N–H and O–H groups in total. The van der Waals surface area contributed by atoms with Crippen molar-refractivity contribution < 1.29 is 8.78 Å². The molecule has 0 fully saturated rings. The molecule has 1 aromatic carbocycles. The van der Waals surface area contributed by atoms with Gasteiger partial charge in [0.2, 0.25) is 0 Å². The van der Waals surface area contributed by atoms with Gasteiger partial charge in [0.25, 0.3) is 6.43 Å². The van der Waals surface area contributed by atoms with E-state index in [0.717, 1.165) is 41.9 Å². The predicted molar refractivity (Wildman–Crippen MR) is 92.3 cm³/mol. The molecule has 0 bridgehead atoms. The number of hydrogen-bond donors (Lipinski definition) is 0. The van der Waals surface area contributed by atoms with E-state index in [0.29, 0.717) is 5.56 Å². The molecule has 0 saturated heterocycles. The number of fused-ring (bicyclic) bond motifs is 1. The number of hydrogen-bond acceptors (Lipinski definition) is 2. The lowest BCUT2D eigenvalue weighted by molar-refractivity contribution is 0.152. The smallest absolute Gasteiger partial charge is 0.264 e. The third-order valence-electron chi connectivity index (χ3n) is 4.04. The van der Waals surface area contributed by atoms with E-state index in [1.54, 1.807) is 18.3 Å². The van der Waals surface area contributed by atoms with Gasteiger partial charge in [-0.15, -0.1) is 0 Å². The fourth-order valence-corrected chi connectivity index (χ4v) is 2.98. The summed E-state index contributed by atoms with van der Waals surface area (Å²) in [6, 6.07) is 7.25. The first-order valence-electron chi connectivity index (χ1n) is 8.15. The van der Waals surface area contributed by atoms with E-state index in [-0.39, 0.29) is 5.56 Å². The molecule has 4 heteroatoms. The van der Waals surface area contributed by atoms with Crippen LogP contribution in [0.25, 0.3) is 11.1 Å². The van der Waals surface area contributed by atoms with Gasteiger partial charge >= 0.3 is 0 Å². The van der Waals surface area contributed by atoms with Crippen LogP contribution in [0, 0.1) is 6.92 Å². The number of benzene rings is 1. The Morgan fingerprint density at radius 1 is 1.17 bits per heavy atom. The lowest BCUT2D eigenvalue weighted by Gasteiger charge is -2.29. The van der Waals surface area contributed by atoms with Gasteiger partial charge in [0.1, 0.15) is 0 Å². The lowest BCUT2D eigenvalue weighted by Crippen LogP contribution is -2.25. The molecule has 124 valence electrons. The van der Waals surface area contributed by atoms with E-state index < -0.39 is 6.43 Å². The normalized spacial score (nSPS) is 13.4. The Balaban J connectivity index is 0.000000924. The van der Waals surface area contributed by atoms with Crippen LogP contribution in [0.15, 0.2) is 30.5 Å². The van der Waals surface area contributed by atoms with Crippen molar-refractivity contribution >= 4 is 5.69 Å². The summed E-state index contributed by atoms with van der Waals surface area (Å²) in [5, 5.41) is 0. The first-order chi connectivity index (χ1) is 11.1. The van der Waals surface area contributed by atoms with Crippen molar-refractivity contribution in [2.75, 3.05) is 18.5 Å². The zero-order chi connectivity index (χ0) is 17.0. The van der Waals surface area contributed by atoms with Crippen molar-refractivity contribution in [3.63, 3.8) is 0 Å².